The van der Waals surface area contributed by atoms with E-state index in [-0.39, 0.29) is 17.2 Å². The van der Waals surface area contributed by atoms with Gasteiger partial charge in [-0.1, -0.05) is 11.8 Å². The maximum atomic E-state index is 12.7. The zero-order valence-corrected chi connectivity index (χ0v) is 18.1. The highest BCUT2D eigenvalue weighted by Crippen LogP contribution is 2.24. The van der Waals surface area contributed by atoms with Gasteiger partial charge in [0.2, 0.25) is 0 Å². The molecule has 1 unspecified atom stereocenters. The summed E-state index contributed by atoms with van der Waals surface area (Å²) in [5, 5.41) is 22.3. The number of anilines is 2. The van der Waals surface area contributed by atoms with E-state index < -0.39 is 23.5 Å². The minimum atomic E-state index is -1.98. The molecule has 2 aromatic carbocycles. The number of imidazole rings is 1. The molecule has 3 aromatic rings. The molecule has 2 amide bonds. The Bertz CT molecular complexity index is 1310. The molecule has 172 valence electrons. The van der Waals surface area contributed by atoms with Gasteiger partial charge in [0.1, 0.15) is 11.6 Å². The Morgan fingerprint density at radius 2 is 1.59 bits per heavy atom. The van der Waals surface area contributed by atoms with Crippen LogP contribution in [0.5, 0.6) is 0 Å². The molecule has 34 heavy (non-hydrogen) atoms. The van der Waals surface area contributed by atoms with Gasteiger partial charge >= 0.3 is 0 Å². The van der Waals surface area contributed by atoms with Gasteiger partial charge in [0.25, 0.3) is 11.8 Å². The van der Waals surface area contributed by atoms with E-state index in [1.165, 1.54) is 30.7 Å². The molecule has 9 N–H and O–H groups in total. The van der Waals surface area contributed by atoms with Crippen LogP contribution < -0.4 is 22.3 Å². The molecule has 0 aliphatic carbocycles. The van der Waals surface area contributed by atoms with Crippen LogP contribution in [0.1, 0.15) is 34.1 Å². The van der Waals surface area contributed by atoms with Crippen molar-refractivity contribution in [2.75, 3.05) is 11.5 Å². The Kier molecular flexibility index (Phi) is 7.19. The van der Waals surface area contributed by atoms with Crippen LogP contribution in [0.3, 0.4) is 0 Å². The number of nitrogen functional groups attached to an aromatic ring is 2. The fourth-order valence-electron chi connectivity index (χ4n) is 2.96. The number of hydrogen-bond donors (Lipinski definition) is 7. The standard InChI is InChI=1S/C24H22N6O4/c1-24(33,19-14-27-23(26)28-19)20(22(32)30-34)29-21(31)17-10-6-15(7-11-17)4-2-3-5-16-8-12-18(25)13-9-16/h6-14,20,33-34H,25H2,1H3,(H,29,31)(H,30,32)(H3,26,27,28)/t20-,24?/m1/s1. The van der Waals surface area contributed by atoms with E-state index >= 15 is 0 Å². The van der Waals surface area contributed by atoms with Crippen LogP contribution in [0.15, 0.2) is 54.7 Å². The van der Waals surface area contributed by atoms with E-state index in [1.807, 2.05) is 0 Å². The third kappa shape index (κ3) is 5.72. The summed E-state index contributed by atoms with van der Waals surface area (Å²) >= 11 is 0. The highest BCUT2D eigenvalue weighted by atomic mass is 16.5. The number of nitrogens with zero attached hydrogens (tertiary/aromatic N) is 1. The zero-order chi connectivity index (χ0) is 24.7. The molecule has 10 heteroatoms. The van der Waals surface area contributed by atoms with E-state index in [0.29, 0.717) is 11.3 Å². The summed E-state index contributed by atoms with van der Waals surface area (Å²) in [5.41, 5.74) is 12.9. The van der Waals surface area contributed by atoms with Crippen molar-refractivity contribution in [3.8, 4) is 23.7 Å². The summed E-state index contributed by atoms with van der Waals surface area (Å²) in [6, 6.07) is 11.7. The first-order valence-corrected chi connectivity index (χ1v) is 9.97. The largest absolute Gasteiger partial charge is 0.399 e. The predicted molar refractivity (Wildman–Crippen MR) is 125 cm³/mol. The second-order valence-corrected chi connectivity index (χ2v) is 7.40. The van der Waals surface area contributed by atoms with Gasteiger partial charge in [-0.3, -0.25) is 14.8 Å². The zero-order valence-electron chi connectivity index (χ0n) is 18.1. The minimum Gasteiger partial charge on any atom is -0.399 e. The van der Waals surface area contributed by atoms with Crippen LogP contribution >= 0.6 is 0 Å². The maximum absolute atomic E-state index is 12.7. The number of H-pyrrole nitrogens is 1. The first-order chi connectivity index (χ1) is 16.2. The summed E-state index contributed by atoms with van der Waals surface area (Å²) in [6.07, 6.45) is 1.29. The number of carbonyl (C=O) groups is 2. The first-order valence-electron chi connectivity index (χ1n) is 9.97. The lowest BCUT2D eigenvalue weighted by molar-refractivity contribution is -0.138. The number of rotatable bonds is 5. The topological polar surface area (TPSA) is 179 Å². The highest BCUT2D eigenvalue weighted by Gasteiger charge is 2.42. The molecule has 10 nitrogen and oxygen atoms in total. The molecule has 1 aromatic heterocycles. The Morgan fingerprint density at radius 1 is 1.03 bits per heavy atom. The van der Waals surface area contributed by atoms with Crippen LogP contribution in [0.2, 0.25) is 0 Å². The van der Waals surface area contributed by atoms with Crippen LogP contribution in [0, 0.1) is 23.7 Å². The normalized spacial score (nSPS) is 12.7. The molecular weight excluding hydrogens is 436 g/mol. The lowest BCUT2D eigenvalue weighted by Crippen LogP contribution is -2.57. The number of carbonyl (C=O) groups excluding carboxylic acids is 2. The van der Waals surface area contributed by atoms with Gasteiger partial charge in [-0.05, 0) is 67.3 Å². The van der Waals surface area contributed by atoms with Gasteiger partial charge in [-0.15, -0.1) is 0 Å². The summed E-state index contributed by atoms with van der Waals surface area (Å²) in [7, 11) is 0. The van der Waals surface area contributed by atoms with Gasteiger partial charge < -0.3 is 26.9 Å². The first kappa shape index (κ1) is 23.9. The molecule has 0 saturated carbocycles. The SMILES string of the molecule is CC(O)(c1c[nH]c(N)n1)[C@H](NC(=O)c1ccc(C#CC#Cc2ccc(N)cc2)cc1)C(=O)NO. The van der Waals surface area contributed by atoms with Crippen molar-refractivity contribution in [2.24, 2.45) is 0 Å². The van der Waals surface area contributed by atoms with E-state index in [9.17, 15) is 14.7 Å². The molecule has 1 heterocycles. The van der Waals surface area contributed by atoms with Crippen molar-refractivity contribution in [2.45, 2.75) is 18.6 Å². The molecule has 0 radical (unpaired) electrons. The molecule has 3 rings (SSSR count). The predicted octanol–water partition coefficient (Wildman–Crippen LogP) is 0.489. The number of nitrogens with two attached hydrogens (primary N) is 2. The van der Waals surface area contributed by atoms with Gasteiger partial charge in [-0.25, -0.2) is 10.5 Å². The van der Waals surface area contributed by atoms with Crippen molar-refractivity contribution in [3.63, 3.8) is 0 Å². The molecule has 2 atom stereocenters. The monoisotopic (exact) mass is 458 g/mol. The molecule has 0 saturated heterocycles. The second-order valence-electron chi connectivity index (χ2n) is 7.40. The van der Waals surface area contributed by atoms with Gasteiger partial charge in [-0.2, -0.15) is 0 Å². The lowest BCUT2D eigenvalue weighted by Gasteiger charge is -2.30. The van der Waals surface area contributed by atoms with Gasteiger partial charge in [0.05, 0.1) is 5.69 Å². The maximum Gasteiger partial charge on any atom is 0.269 e. The Hall–Kier alpha value is -4.77. The van der Waals surface area contributed by atoms with Gasteiger partial charge in [0.15, 0.2) is 5.95 Å². The van der Waals surface area contributed by atoms with E-state index in [0.717, 1.165) is 5.56 Å². The molecule has 0 aliphatic rings. The number of aromatic amines is 1. The Morgan fingerprint density at radius 3 is 2.09 bits per heavy atom. The summed E-state index contributed by atoms with van der Waals surface area (Å²) in [4.78, 5) is 31.4. The Balaban J connectivity index is 1.72. The van der Waals surface area contributed by atoms with E-state index in [4.69, 9.17) is 16.7 Å². The molecule has 0 spiro atoms. The number of nitrogens with one attached hydrogen (secondary N) is 3. The number of amides is 2. The second kappa shape index (κ2) is 10.2. The molecular formula is C24H22N6O4. The summed E-state index contributed by atoms with van der Waals surface area (Å²) in [5.74, 6) is 9.55. The number of aromatic nitrogens is 2. The third-order valence-corrected chi connectivity index (χ3v) is 4.86. The van der Waals surface area contributed by atoms with Crippen molar-refractivity contribution in [1.29, 1.82) is 0 Å². The van der Waals surface area contributed by atoms with E-state index in [1.54, 1.807) is 36.4 Å². The lowest BCUT2D eigenvalue weighted by atomic mass is 9.92. The van der Waals surface area contributed by atoms with Crippen LogP contribution in [0.25, 0.3) is 0 Å². The number of aliphatic hydroxyl groups is 1. The quantitative estimate of drug-likeness (QED) is 0.126. The number of hydroxylamine groups is 1. The summed E-state index contributed by atoms with van der Waals surface area (Å²) < 4.78 is 0. The minimum absolute atomic E-state index is 0.00426. The average Bonchev–Trinajstić information content (AvgIpc) is 3.28. The van der Waals surface area contributed by atoms with E-state index in [2.05, 4.69) is 39.0 Å². The molecule has 0 bridgehead atoms. The van der Waals surface area contributed by atoms with Crippen molar-refractivity contribution in [1.82, 2.24) is 20.8 Å². The van der Waals surface area contributed by atoms with Crippen molar-refractivity contribution in [3.05, 3.63) is 77.1 Å². The summed E-state index contributed by atoms with van der Waals surface area (Å²) in [6.45, 7) is 1.26. The smallest absolute Gasteiger partial charge is 0.269 e. The third-order valence-electron chi connectivity index (χ3n) is 4.86. The van der Waals surface area contributed by atoms with Crippen LogP contribution in [-0.2, 0) is 10.4 Å². The van der Waals surface area contributed by atoms with Crippen LogP contribution in [0.4, 0.5) is 11.6 Å². The number of benzene rings is 2. The average molecular weight is 458 g/mol. The van der Waals surface area contributed by atoms with Crippen molar-refractivity contribution >= 4 is 23.5 Å². The fourth-order valence-corrected chi connectivity index (χ4v) is 2.96. The molecule has 0 aliphatic heterocycles. The molecule has 0 fully saturated rings. The van der Waals surface area contributed by atoms with Crippen LogP contribution in [-0.4, -0.2) is 38.1 Å². The Labute approximate surface area is 195 Å². The number of hydrogen-bond acceptors (Lipinski definition) is 7. The van der Waals surface area contributed by atoms with Gasteiger partial charge in [0, 0.05) is 28.6 Å². The highest BCUT2D eigenvalue weighted by molar-refractivity contribution is 5.97. The fraction of sp³-hybridized carbons (Fsp3) is 0.125. The van der Waals surface area contributed by atoms with Crippen molar-refractivity contribution < 1.29 is 19.9 Å².